The first-order valence-corrected chi connectivity index (χ1v) is 9.66. The van der Waals surface area contributed by atoms with Crippen molar-refractivity contribution in [3.05, 3.63) is 71.8 Å². The van der Waals surface area contributed by atoms with Crippen molar-refractivity contribution < 1.29 is 14.3 Å². The van der Waals surface area contributed by atoms with Gasteiger partial charge in [-0.25, -0.2) is 9.79 Å². The maximum absolute atomic E-state index is 13.5. The zero-order chi connectivity index (χ0) is 20.4. The van der Waals surface area contributed by atoms with Crippen molar-refractivity contribution in [2.24, 2.45) is 10.4 Å². The molecule has 0 saturated heterocycles. The van der Waals surface area contributed by atoms with E-state index in [0.29, 0.717) is 18.7 Å². The Labute approximate surface area is 167 Å². The number of hydrogen-bond donors (Lipinski definition) is 0. The van der Waals surface area contributed by atoms with E-state index in [1.54, 1.807) is 7.11 Å². The van der Waals surface area contributed by atoms with Crippen LogP contribution in [0.25, 0.3) is 0 Å². The van der Waals surface area contributed by atoms with Crippen LogP contribution in [0.3, 0.4) is 0 Å². The number of nitrogens with zero attached hydrogens (tertiary/aromatic N) is 1. The molecule has 4 nitrogen and oxygen atoms in total. The summed E-state index contributed by atoms with van der Waals surface area (Å²) in [6.07, 6.45) is 0.906. The summed E-state index contributed by atoms with van der Waals surface area (Å²) in [5.74, 6) is 0.157. The number of aliphatic imine (C=N–C) groups is 1. The first kappa shape index (κ1) is 20.1. The third-order valence-corrected chi connectivity index (χ3v) is 5.70. The van der Waals surface area contributed by atoms with Crippen molar-refractivity contribution in [3.8, 4) is 0 Å². The van der Waals surface area contributed by atoms with Crippen molar-refractivity contribution in [3.63, 3.8) is 0 Å². The van der Waals surface area contributed by atoms with Crippen LogP contribution in [0.2, 0.25) is 0 Å². The maximum atomic E-state index is 13.5. The van der Waals surface area contributed by atoms with E-state index in [1.807, 2.05) is 88.4 Å². The van der Waals surface area contributed by atoms with Crippen LogP contribution < -0.4 is 0 Å². The van der Waals surface area contributed by atoms with Crippen molar-refractivity contribution >= 4 is 11.9 Å². The Morgan fingerprint density at radius 2 is 1.39 bits per heavy atom. The first-order valence-electron chi connectivity index (χ1n) is 9.66. The van der Waals surface area contributed by atoms with Crippen LogP contribution in [-0.2, 0) is 27.1 Å². The van der Waals surface area contributed by atoms with Crippen molar-refractivity contribution in [1.29, 1.82) is 0 Å². The lowest BCUT2D eigenvalue weighted by Crippen LogP contribution is -2.61. The Bertz CT molecular complexity index is 811. The lowest BCUT2D eigenvalue weighted by atomic mass is 9.74. The molecular weight excluding hydrogens is 350 g/mol. The minimum Gasteiger partial charge on any atom is -0.481 e. The van der Waals surface area contributed by atoms with Crippen LogP contribution in [0, 0.1) is 5.41 Å². The fourth-order valence-corrected chi connectivity index (χ4v) is 3.54. The van der Waals surface area contributed by atoms with Gasteiger partial charge in [-0.1, -0.05) is 81.4 Å². The molecule has 0 bridgehead atoms. The summed E-state index contributed by atoms with van der Waals surface area (Å²) >= 11 is 0. The van der Waals surface area contributed by atoms with Gasteiger partial charge < -0.3 is 9.47 Å². The van der Waals surface area contributed by atoms with Crippen LogP contribution in [0.1, 0.15) is 38.8 Å². The Morgan fingerprint density at radius 3 is 1.79 bits per heavy atom. The third kappa shape index (κ3) is 3.68. The number of cyclic esters (lactones) is 1. The van der Waals surface area contributed by atoms with Gasteiger partial charge >= 0.3 is 5.97 Å². The quantitative estimate of drug-likeness (QED) is 0.729. The highest BCUT2D eigenvalue weighted by Crippen LogP contribution is 2.42. The minimum atomic E-state index is -1.06. The lowest BCUT2D eigenvalue weighted by molar-refractivity contribution is -0.172. The third-order valence-electron chi connectivity index (χ3n) is 5.70. The largest absolute Gasteiger partial charge is 0.481 e. The highest BCUT2D eigenvalue weighted by Gasteiger charge is 2.56. The summed E-state index contributed by atoms with van der Waals surface area (Å²) in [6.45, 7) is 7.95. The van der Waals surface area contributed by atoms with E-state index in [1.165, 1.54) is 0 Å². The summed E-state index contributed by atoms with van der Waals surface area (Å²) in [6, 6.07) is 19.9. The van der Waals surface area contributed by atoms with E-state index in [2.05, 4.69) is 0 Å². The monoisotopic (exact) mass is 379 g/mol. The van der Waals surface area contributed by atoms with E-state index >= 15 is 0 Å². The molecule has 4 heteroatoms. The van der Waals surface area contributed by atoms with Gasteiger partial charge in [0.05, 0.1) is 7.11 Å². The normalized spacial score (nSPS) is 21.6. The zero-order valence-corrected chi connectivity index (χ0v) is 17.4. The summed E-state index contributed by atoms with van der Waals surface area (Å²) in [4.78, 5) is 18.4. The molecule has 2 aromatic rings. The molecule has 2 aromatic carbocycles. The molecule has 148 valence electrons. The summed E-state index contributed by atoms with van der Waals surface area (Å²) in [5, 5.41) is 0. The molecule has 1 aliphatic rings. The standard InChI is InChI=1S/C24H29NO3/c1-22(2,3)23(4)20(27-5)25-24(21(26)28-23,16-18-12-8-6-9-13-18)17-19-14-10-7-11-15-19/h6-15H,16-17H2,1-5H3/t23-/m1/s1. The zero-order valence-electron chi connectivity index (χ0n) is 17.4. The molecule has 0 aromatic heterocycles. The van der Waals surface area contributed by atoms with Gasteiger partial charge in [0.2, 0.25) is 5.90 Å². The van der Waals surface area contributed by atoms with Crippen LogP contribution in [0.4, 0.5) is 0 Å². The molecule has 1 atom stereocenters. The maximum Gasteiger partial charge on any atom is 0.335 e. The molecule has 0 unspecified atom stereocenters. The topological polar surface area (TPSA) is 47.9 Å². The molecule has 0 N–H and O–H groups in total. The number of hydrogen-bond acceptors (Lipinski definition) is 4. The molecule has 3 rings (SSSR count). The summed E-state index contributed by atoms with van der Waals surface area (Å²) < 4.78 is 11.8. The molecule has 0 spiro atoms. The van der Waals surface area contributed by atoms with Crippen LogP contribution in [0.5, 0.6) is 0 Å². The number of rotatable bonds is 4. The molecule has 0 fully saturated rings. The molecule has 0 aliphatic carbocycles. The average molecular weight is 380 g/mol. The first-order chi connectivity index (χ1) is 13.2. The van der Waals surface area contributed by atoms with E-state index in [9.17, 15) is 4.79 Å². The van der Waals surface area contributed by atoms with Gasteiger partial charge in [0.15, 0.2) is 11.1 Å². The van der Waals surface area contributed by atoms with E-state index in [0.717, 1.165) is 11.1 Å². The van der Waals surface area contributed by atoms with Gasteiger partial charge in [-0.05, 0) is 18.1 Å². The molecule has 1 aliphatic heterocycles. The average Bonchev–Trinajstić information content (AvgIpc) is 2.65. The van der Waals surface area contributed by atoms with Gasteiger partial charge in [0.1, 0.15) is 0 Å². The Morgan fingerprint density at radius 1 is 0.929 bits per heavy atom. The van der Waals surface area contributed by atoms with Gasteiger partial charge in [-0.2, -0.15) is 0 Å². The van der Waals surface area contributed by atoms with Crippen LogP contribution in [0.15, 0.2) is 65.7 Å². The highest BCUT2D eigenvalue weighted by molar-refractivity contribution is 5.97. The number of carbonyl (C=O) groups is 1. The van der Waals surface area contributed by atoms with Gasteiger partial charge in [-0.3, -0.25) is 0 Å². The number of esters is 1. The summed E-state index contributed by atoms with van der Waals surface area (Å²) in [7, 11) is 1.60. The van der Waals surface area contributed by atoms with Gasteiger partial charge in [0.25, 0.3) is 0 Å². The van der Waals surface area contributed by atoms with Crippen LogP contribution in [-0.4, -0.2) is 30.1 Å². The fraction of sp³-hybridized carbons (Fsp3) is 0.417. The Balaban J connectivity index is 2.12. The predicted octanol–water partition coefficient (Wildman–Crippen LogP) is 4.62. The van der Waals surface area contributed by atoms with E-state index in [-0.39, 0.29) is 11.4 Å². The van der Waals surface area contributed by atoms with Crippen molar-refractivity contribution in [2.75, 3.05) is 7.11 Å². The SMILES string of the molecule is COC1=NC(Cc2ccccc2)(Cc2ccccc2)C(=O)O[C@@]1(C)C(C)(C)C. The van der Waals surface area contributed by atoms with E-state index in [4.69, 9.17) is 14.5 Å². The molecule has 0 saturated carbocycles. The minimum absolute atomic E-state index is 0.307. The number of methoxy groups -OCH3 is 1. The van der Waals surface area contributed by atoms with E-state index < -0.39 is 11.1 Å². The molecule has 1 heterocycles. The van der Waals surface area contributed by atoms with Crippen molar-refractivity contribution in [1.82, 2.24) is 0 Å². The highest BCUT2D eigenvalue weighted by atomic mass is 16.6. The van der Waals surface area contributed by atoms with Gasteiger partial charge in [-0.15, -0.1) is 0 Å². The molecular formula is C24H29NO3. The van der Waals surface area contributed by atoms with Gasteiger partial charge in [0, 0.05) is 18.3 Å². The molecule has 28 heavy (non-hydrogen) atoms. The second kappa shape index (κ2) is 7.42. The second-order valence-corrected chi connectivity index (χ2v) is 8.65. The Kier molecular flexibility index (Phi) is 5.33. The fourth-order valence-electron chi connectivity index (χ4n) is 3.54. The second-order valence-electron chi connectivity index (χ2n) is 8.65. The predicted molar refractivity (Wildman–Crippen MR) is 111 cm³/mol. The lowest BCUT2D eigenvalue weighted by Gasteiger charge is -2.46. The Hall–Kier alpha value is -2.62. The number of ether oxygens (including phenoxy) is 2. The number of benzene rings is 2. The molecule has 0 radical (unpaired) electrons. The smallest absolute Gasteiger partial charge is 0.335 e. The van der Waals surface area contributed by atoms with Crippen molar-refractivity contribution in [2.45, 2.75) is 51.7 Å². The summed E-state index contributed by atoms with van der Waals surface area (Å²) in [5.41, 5.74) is -0.264. The van der Waals surface area contributed by atoms with Crippen LogP contribution >= 0.6 is 0 Å². The number of carbonyl (C=O) groups excluding carboxylic acids is 1. The molecule has 0 amide bonds.